The molecule has 1 spiro atoms. The molecule has 2 aliphatic rings. The van der Waals surface area contributed by atoms with Gasteiger partial charge in [0.25, 0.3) is 5.91 Å². The number of fused-ring (bicyclic) bond motifs is 4. The van der Waals surface area contributed by atoms with Gasteiger partial charge in [0.2, 0.25) is 0 Å². The number of piperidine rings is 1. The normalized spacial score (nSPS) is 18.1. The molecule has 0 unspecified atom stereocenters. The van der Waals surface area contributed by atoms with Gasteiger partial charge in [-0.3, -0.25) is 4.79 Å². The highest BCUT2D eigenvalue weighted by molar-refractivity contribution is 5.94. The van der Waals surface area contributed by atoms with Crippen LogP contribution >= 0.6 is 0 Å². The Bertz CT molecular complexity index is 1080. The Labute approximate surface area is 168 Å². The van der Waals surface area contributed by atoms with Gasteiger partial charge in [-0.15, -0.1) is 0 Å². The first-order valence-electron chi connectivity index (χ1n) is 10.1. The number of nitrogens with one attached hydrogen (secondary N) is 2. The zero-order valence-corrected chi connectivity index (χ0v) is 16.4. The van der Waals surface area contributed by atoms with Crippen molar-refractivity contribution in [1.82, 2.24) is 15.2 Å². The lowest BCUT2D eigenvalue weighted by Gasteiger charge is -2.44. The SMILES string of the molecule is COc1ccc(C(=O)N2CCC3(CC2)NCCc2c3[nH]c3ccccc23)cc1F. The van der Waals surface area contributed by atoms with E-state index in [1.807, 2.05) is 4.90 Å². The maximum atomic E-state index is 14.0. The molecule has 0 bridgehead atoms. The second kappa shape index (κ2) is 6.88. The molecule has 3 aromatic rings. The number of carbonyl (C=O) groups is 1. The summed E-state index contributed by atoms with van der Waals surface area (Å²) in [6.45, 7) is 2.20. The van der Waals surface area contributed by atoms with Crippen LogP contribution in [0.3, 0.4) is 0 Å². The summed E-state index contributed by atoms with van der Waals surface area (Å²) < 4.78 is 19.0. The smallest absolute Gasteiger partial charge is 0.253 e. The minimum Gasteiger partial charge on any atom is -0.494 e. The van der Waals surface area contributed by atoms with E-state index in [0.29, 0.717) is 18.7 Å². The number of ether oxygens (including phenoxy) is 1. The summed E-state index contributed by atoms with van der Waals surface area (Å²) in [6, 6.07) is 12.8. The molecule has 2 aliphatic heterocycles. The molecule has 0 radical (unpaired) electrons. The highest BCUT2D eigenvalue weighted by Crippen LogP contribution is 2.40. The Morgan fingerprint density at radius 2 is 1.97 bits per heavy atom. The summed E-state index contributed by atoms with van der Waals surface area (Å²) in [4.78, 5) is 18.4. The molecule has 5 rings (SSSR count). The first-order chi connectivity index (χ1) is 14.1. The number of hydrogen-bond acceptors (Lipinski definition) is 3. The summed E-state index contributed by atoms with van der Waals surface area (Å²) in [6.07, 6.45) is 2.67. The standard InChI is InChI=1S/C23H24FN3O2/c1-29-20-7-6-15(14-18(20)24)22(28)27-12-9-23(10-13-27)21-17(8-11-25-23)16-4-2-3-5-19(16)26-21/h2-7,14,25-26H,8-13H2,1H3. The minimum atomic E-state index is -0.511. The predicted octanol–water partition coefficient (Wildman–Crippen LogP) is 3.59. The van der Waals surface area contributed by atoms with Gasteiger partial charge in [0, 0.05) is 41.8 Å². The van der Waals surface area contributed by atoms with E-state index in [2.05, 4.69) is 34.6 Å². The first kappa shape index (κ1) is 18.2. The average Bonchev–Trinajstić information content (AvgIpc) is 3.14. The van der Waals surface area contributed by atoms with Gasteiger partial charge < -0.3 is 19.9 Å². The molecular weight excluding hydrogens is 369 g/mol. The molecule has 6 heteroatoms. The molecule has 1 saturated heterocycles. The second-order valence-corrected chi connectivity index (χ2v) is 7.92. The highest BCUT2D eigenvalue weighted by Gasteiger charge is 2.42. The fourth-order valence-corrected chi connectivity index (χ4v) is 4.88. The van der Waals surface area contributed by atoms with Crippen LogP contribution in [-0.2, 0) is 12.0 Å². The predicted molar refractivity (Wildman–Crippen MR) is 110 cm³/mol. The molecule has 3 heterocycles. The van der Waals surface area contributed by atoms with Crippen molar-refractivity contribution in [2.45, 2.75) is 24.8 Å². The third-order valence-electron chi connectivity index (χ3n) is 6.43. The Balaban J connectivity index is 1.38. The number of carbonyl (C=O) groups excluding carboxylic acids is 1. The zero-order valence-electron chi connectivity index (χ0n) is 16.4. The third-order valence-corrected chi connectivity index (χ3v) is 6.43. The van der Waals surface area contributed by atoms with Crippen LogP contribution in [0.15, 0.2) is 42.5 Å². The number of aromatic nitrogens is 1. The largest absolute Gasteiger partial charge is 0.494 e. The number of benzene rings is 2. The molecule has 1 amide bonds. The van der Waals surface area contributed by atoms with Gasteiger partial charge in [0.05, 0.1) is 12.6 Å². The summed E-state index contributed by atoms with van der Waals surface area (Å²) in [5.41, 5.74) is 4.08. The number of nitrogens with zero attached hydrogens (tertiary/aromatic N) is 1. The van der Waals surface area contributed by atoms with Gasteiger partial charge in [0.15, 0.2) is 11.6 Å². The Hall–Kier alpha value is -2.86. The third kappa shape index (κ3) is 2.90. The summed E-state index contributed by atoms with van der Waals surface area (Å²) in [7, 11) is 1.42. The van der Waals surface area contributed by atoms with Crippen molar-refractivity contribution in [3.8, 4) is 5.75 Å². The molecule has 29 heavy (non-hydrogen) atoms. The lowest BCUT2D eigenvalue weighted by atomic mass is 9.79. The molecule has 150 valence electrons. The number of likely N-dealkylation sites (tertiary alicyclic amines) is 1. The number of H-pyrrole nitrogens is 1. The number of para-hydroxylation sites is 1. The van der Waals surface area contributed by atoms with Crippen molar-refractivity contribution in [3.05, 3.63) is 65.1 Å². The van der Waals surface area contributed by atoms with Crippen LogP contribution in [0.4, 0.5) is 4.39 Å². The molecule has 0 saturated carbocycles. The molecule has 0 aliphatic carbocycles. The van der Waals surface area contributed by atoms with E-state index in [4.69, 9.17) is 4.74 Å². The minimum absolute atomic E-state index is 0.130. The molecular formula is C23H24FN3O2. The van der Waals surface area contributed by atoms with Crippen LogP contribution in [0, 0.1) is 5.82 Å². The van der Waals surface area contributed by atoms with E-state index in [1.54, 1.807) is 6.07 Å². The van der Waals surface area contributed by atoms with Crippen molar-refractivity contribution in [1.29, 1.82) is 0 Å². The van der Waals surface area contributed by atoms with Gasteiger partial charge in [0.1, 0.15) is 0 Å². The number of halogens is 1. The van der Waals surface area contributed by atoms with Crippen molar-refractivity contribution < 1.29 is 13.9 Å². The molecule has 2 aromatic carbocycles. The number of hydrogen-bond donors (Lipinski definition) is 2. The van der Waals surface area contributed by atoms with Gasteiger partial charge in [-0.25, -0.2) is 4.39 Å². The second-order valence-electron chi connectivity index (χ2n) is 7.92. The van der Waals surface area contributed by atoms with E-state index < -0.39 is 5.82 Å². The van der Waals surface area contributed by atoms with Crippen LogP contribution in [-0.4, -0.2) is 42.5 Å². The van der Waals surface area contributed by atoms with Crippen LogP contribution in [0.25, 0.3) is 10.9 Å². The topological polar surface area (TPSA) is 57.4 Å². The molecule has 5 nitrogen and oxygen atoms in total. The Morgan fingerprint density at radius 3 is 2.72 bits per heavy atom. The summed E-state index contributed by atoms with van der Waals surface area (Å²) in [5.74, 6) is -0.491. The van der Waals surface area contributed by atoms with Crippen molar-refractivity contribution >= 4 is 16.8 Å². The average molecular weight is 393 g/mol. The highest BCUT2D eigenvalue weighted by atomic mass is 19.1. The van der Waals surface area contributed by atoms with Crippen LogP contribution in [0.5, 0.6) is 5.75 Å². The van der Waals surface area contributed by atoms with E-state index in [9.17, 15) is 9.18 Å². The molecule has 0 atom stereocenters. The number of amides is 1. The van der Waals surface area contributed by atoms with E-state index in [0.717, 1.165) is 25.8 Å². The quantitative estimate of drug-likeness (QED) is 0.700. The fraction of sp³-hybridized carbons (Fsp3) is 0.348. The Morgan fingerprint density at radius 1 is 1.17 bits per heavy atom. The maximum Gasteiger partial charge on any atom is 0.253 e. The van der Waals surface area contributed by atoms with Crippen LogP contribution in [0.2, 0.25) is 0 Å². The first-order valence-corrected chi connectivity index (χ1v) is 10.1. The van der Waals surface area contributed by atoms with Gasteiger partial charge in [-0.05, 0) is 49.1 Å². The number of rotatable bonds is 2. The maximum absolute atomic E-state index is 14.0. The molecule has 2 N–H and O–H groups in total. The monoisotopic (exact) mass is 393 g/mol. The van der Waals surface area contributed by atoms with Crippen LogP contribution in [0.1, 0.15) is 34.5 Å². The van der Waals surface area contributed by atoms with Gasteiger partial charge >= 0.3 is 0 Å². The van der Waals surface area contributed by atoms with E-state index in [1.165, 1.54) is 41.4 Å². The summed E-state index contributed by atoms with van der Waals surface area (Å²) >= 11 is 0. The van der Waals surface area contributed by atoms with E-state index >= 15 is 0 Å². The summed E-state index contributed by atoms with van der Waals surface area (Å²) in [5, 5.41) is 5.03. The molecule has 1 fully saturated rings. The van der Waals surface area contributed by atoms with Gasteiger partial charge in [-0.1, -0.05) is 18.2 Å². The molecule has 1 aromatic heterocycles. The van der Waals surface area contributed by atoms with Crippen molar-refractivity contribution in [2.75, 3.05) is 26.7 Å². The van der Waals surface area contributed by atoms with Gasteiger partial charge in [-0.2, -0.15) is 0 Å². The fourth-order valence-electron chi connectivity index (χ4n) is 4.88. The lowest BCUT2D eigenvalue weighted by Crippen LogP contribution is -2.55. The number of methoxy groups -OCH3 is 1. The zero-order chi connectivity index (χ0) is 20.0. The van der Waals surface area contributed by atoms with E-state index in [-0.39, 0.29) is 17.2 Å². The number of aromatic amines is 1. The Kier molecular flexibility index (Phi) is 4.32. The lowest BCUT2D eigenvalue weighted by molar-refractivity contribution is 0.0626. The van der Waals surface area contributed by atoms with Crippen molar-refractivity contribution in [3.63, 3.8) is 0 Å². The van der Waals surface area contributed by atoms with Crippen LogP contribution < -0.4 is 10.1 Å². The van der Waals surface area contributed by atoms with Crippen molar-refractivity contribution in [2.24, 2.45) is 0 Å².